The first-order chi connectivity index (χ1) is 7.31. The van der Waals surface area contributed by atoms with Gasteiger partial charge < -0.3 is 5.73 Å². The van der Waals surface area contributed by atoms with Gasteiger partial charge in [-0.05, 0) is 30.3 Å². The molecule has 0 amide bonds. The van der Waals surface area contributed by atoms with Crippen LogP contribution in [0.4, 0.5) is 0 Å². The second-order valence-electron chi connectivity index (χ2n) is 4.43. The van der Waals surface area contributed by atoms with Crippen molar-refractivity contribution in [2.45, 2.75) is 51.5 Å². The van der Waals surface area contributed by atoms with E-state index < -0.39 is 0 Å². The number of aryl methyl sites for hydroxylation is 1. The van der Waals surface area contributed by atoms with Crippen LogP contribution in [0.2, 0.25) is 0 Å². The molecule has 1 aliphatic rings. The summed E-state index contributed by atoms with van der Waals surface area (Å²) in [5.41, 5.74) is 7.33. The predicted molar refractivity (Wildman–Crippen MR) is 62.8 cm³/mol. The van der Waals surface area contributed by atoms with E-state index in [1.807, 2.05) is 0 Å². The summed E-state index contributed by atoms with van der Waals surface area (Å²) in [6.45, 7) is 2.11. The van der Waals surface area contributed by atoms with Crippen LogP contribution in [0.15, 0.2) is 0 Å². The summed E-state index contributed by atoms with van der Waals surface area (Å²) in [7, 11) is 0. The Hall–Kier alpha value is -0.480. The van der Waals surface area contributed by atoms with E-state index >= 15 is 0 Å². The van der Waals surface area contributed by atoms with Crippen molar-refractivity contribution in [3.8, 4) is 0 Å². The van der Waals surface area contributed by atoms with Gasteiger partial charge in [0.1, 0.15) is 0 Å². The molecule has 0 aliphatic heterocycles. The smallest absolute Gasteiger partial charge is 0.0800 e. The number of rotatable bonds is 4. The van der Waals surface area contributed by atoms with Crippen LogP contribution in [-0.4, -0.2) is 9.59 Å². The van der Waals surface area contributed by atoms with Gasteiger partial charge in [-0.3, -0.25) is 0 Å². The number of nitrogens with zero attached hydrogens (tertiary/aromatic N) is 2. The second-order valence-corrected chi connectivity index (χ2v) is 5.22. The Balaban J connectivity index is 1.97. The minimum atomic E-state index is 0.169. The average molecular weight is 225 g/mol. The summed E-state index contributed by atoms with van der Waals surface area (Å²) >= 11 is 1.48. The van der Waals surface area contributed by atoms with Gasteiger partial charge >= 0.3 is 0 Å². The molecule has 1 aromatic heterocycles. The molecular weight excluding hydrogens is 206 g/mol. The molecule has 0 aromatic carbocycles. The van der Waals surface area contributed by atoms with Gasteiger partial charge in [-0.1, -0.05) is 37.1 Å². The minimum absolute atomic E-state index is 0.169. The Morgan fingerprint density at radius 2 is 2.20 bits per heavy atom. The third-order valence-corrected chi connectivity index (χ3v) is 4.22. The van der Waals surface area contributed by atoms with Crippen LogP contribution in [0.3, 0.4) is 0 Å². The van der Waals surface area contributed by atoms with E-state index in [-0.39, 0.29) is 6.04 Å². The van der Waals surface area contributed by atoms with Crippen LogP contribution in [0.5, 0.6) is 0 Å². The molecule has 1 fully saturated rings. The second kappa shape index (κ2) is 5.03. The lowest BCUT2D eigenvalue weighted by Gasteiger charge is -2.15. The van der Waals surface area contributed by atoms with Crippen molar-refractivity contribution < 1.29 is 0 Å². The van der Waals surface area contributed by atoms with Gasteiger partial charge in [-0.15, -0.1) is 5.10 Å². The van der Waals surface area contributed by atoms with Gasteiger partial charge in [-0.25, -0.2) is 0 Å². The van der Waals surface area contributed by atoms with Crippen molar-refractivity contribution in [2.75, 3.05) is 0 Å². The van der Waals surface area contributed by atoms with Crippen LogP contribution in [0, 0.1) is 5.92 Å². The molecule has 1 atom stereocenters. The molecule has 1 heterocycles. The highest BCUT2D eigenvalue weighted by Crippen LogP contribution is 2.33. The molecule has 0 spiro atoms. The Labute approximate surface area is 95.2 Å². The van der Waals surface area contributed by atoms with Gasteiger partial charge in [0.2, 0.25) is 0 Å². The van der Waals surface area contributed by atoms with Crippen LogP contribution in [0.1, 0.15) is 55.6 Å². The molecule has 1 aromatic rings. The molecule has 0 radical (unpaired) electrons. The van der Waals surface area contributed by atoms with Crippen molar-refractivity contribution in [3.63, 3.8) is 0 Å². The summed E-state index contributed by atoms with van der Waals surface area (Å²) < 4.78 is 4.00. The Kier molecular flexibility index (Phi) is 3.70. The molecule has 1 unspecified atom stereocenters. The zero-order valence-electron chi connectivity index (χ0n) is 9.28. The maximum absolute atomic E-state index is 6.23. The number of hydrogen-bond acceptors (Lipinski definition) is 4. The molecular formula is C11H19N3S. The van der Waals surface area contributed by atoms with Crippen molar-refractivity contribution in [1.82, 2.24) is 9.59 Å². The van der Waals surface area contributed by atoms with E-state index in [1.54, 1.807) is 0 Å². The molecule has 4 heteroatoms. The first-order valence-electron chi connectivity index (χ1n) is 5.88. The lowest BCUT2D eigenvalue weighted by Crippen LogP contribution is -2.14. The highest BCUT2D eigenvalue weighted by molar-refractivity contribution is 7.05. The maximum atomic E-state index is 6.23. The number of aromatic nitrogens is 2. The lowest BCUT2D eigenvalue weighted by molar-refractivity contribution is 0.452. The van der Waals surface area contributed by atoms with Crippen molar-refractivity contribution in [3.05, 3.63) is 10.6 Å². The van der Waals surface area contributed by atoms with Crippen LogP contribution >= 0.6 is 11.5 Å². The maximum Gasteiger partial charge on any atom is 0.0800 e. The Morgan fingerprint density at radius 1 is 1.47 bits per heavy atom. The van der Waals surface area contributed by atoms with E-state index in [2.05, 4.69) is 16.5 Å². The monoisotopic (exact) mass is 225 g/mol. The van der Waals surface area contributed by atoms with Crippen LogP contribution in [-0.2, 0) is 6.42 Å². The average Bonchev–Trinajstić information content (AvgIpc) is 2.86. The number of nitrogens with two attached hydrogens (primary N) is 1. The fourth-order valence-corrected chi connectivity index (χ4v) is 3.20. The summed E-state index contributed by atoms with van der Waals surface area (Å²) in [6, 6.07) is 0.169. The first-order valence-corrected chi connectivity index (χ1v) is 6.65. The van der Waals surface area contributed by atoms with Gasteiger partial charge in [-0.2, -0.15) is 0 Å². The van der Waals surface area contributed by atoms with Crippen molar-refractivity contribution >= 4 is 11.5 Å². The largest absolute Gasteiger partial charge is 0.323 e. The third kappa shape index (κ3) is 2.55. The summed E-state index contributed by atoms with van der Waals surface area (Å²) in [6.07, 6.45) is 7.57. The highest BCUT2D eigenvalue weighted by atomic mass is 32.1. The molecule has 2 rings (SSSR count). The quantitative estimate of drug-likeness (QED) is 0.857. The Bertz CT molecular complexity index is 305. The van der Waals surface area contributed by atoms with E-state index in [1.165, 1.54) is 42.1 Å². The van der Waals surface area contributed by atoms with Gasteiger partial charge in [0.25, 0.3) is 0 Å². The molecule has 1 saturated carbocycles. The van der Waals surface area contributed by atoms with E-state index in [9.17, 15) is 0 Å². The molecule has 2 N–H and O–H groups in total. The van der Waals surface area contributed by atoms with Gasteiger partial charge in [0, 0.05) is 6.04 Å². The van der Waals surface area contributed by atoms with Gasteiger partial charge in [0.15, 0.2) is 0 Å². The predicted octanol–water partition coefficient (Wildman–Crippen LogP) is 2.68. The first kappa shape index (κ1) is 11.0. The lowest BCUT2D eigenvalue weighted by atomic mass is 9.97. The van der Waals surface area contributed by atoms with E-state index in [0.29, 0.717) is 0 Å². The van der Waals surface area contributed by atoms with Crippen LogP contribution in [0.25, 0.3) is 0 Å². The SMILES string of the molecule is CCc1nnsc1C(N)CC1CCCC1. The van der Waals surface area contributed by atoms with E-state index in [4.69, 9.17) is 5.73 Å². The fourth-order valence-electron chi connectivity index (χ4n) is 2.45. The zero-order valence-corrected chi connectivity index (χ0v) is 10.1. The molecule has 0 saturated heterocycles. The van der Waals surface area contributed by atoms with Crippen LogP contribution < -0.4 is 5.73 Å². The topological polar surface area (TPSA) is 51.8 Å². The van der Waals surface area contributed by atoms with E-state index in [0.717, 1.165) is 24.5 Å². The summed E-state index contributed by atoms with van der Waals surface area (Å²) in [5, 5.41) is 4.12. The molecule has 15 heavy (non-hydrogen) atoms. The standard InChI is InChI=1S/C11H19N3S/c1-2-10-11(15-14-13-10)9(12)7-8-5-3-4-6-8/h8-9H,2-7,12H2,1H3. The zero-order chi connectivity index (χ0) is 10.7. The molecule has 3 nitrogen and oxygen atoms in total. The number of hydrogen-bond donors (Lipinski definition) is 1. The Morgan fingerprint density at radius 3 is 2.87 bits per heavy atom. The molecule has 84 valence electrons. The van der Waals surface area contributed by atoms with Crippen molar-refractivity contribution in [2.24, 2.45) is 11.7 Å². The minimum Gasteiger partial charge on any atom is -0.323 e. The normalized spacial score (nSPS) is 19.6. The highest BCUT2D eigenvalue weighted by Gasteiger charge is 2.21. The summed E-state index contributed by atoms with van der Waals surface area (Å²) in [5.74, 6) is 0.840. The molecule has 1 aliphatic carbocycles. The molecule has 0 bridgehead atoms. The van der Waals surface area contributed by atoms with Gasteiger partial charge in [0.05, 0.1) is 10.6 Å². The fraction of sp³-hybridized carbons (Fsp3) is 0.818. The summed E-state index contributed by atoms with van der Waals surface area (Å²) in [4.78, 5) is 1.21. The van der Waals surface area contributed by atoms with Crippen molar-refractivity contribution in [1.29, 1.82) is 0 Å². The third-order valence-electron chi connectivity index (χ3n) is 3.32.